The summed E-state index contributed by atoms with van der Waals surface area (Å²) in [5.41, 5.74) is 1.42. The summed E-state index contributed by atoms with van der Waals surface area (Å²) in [6.07, 6.45) is 2.67. The minimum absolute atomic E-state index is 0.356. The first-order chi connectivity index (χ1) is 8.58. The maximum absolute atomic E-state index is 11.0. The third-order valence-corrected chi connectivity index (χ3v) is 2.87. The number of aromatic nitrogens is 3. The molecule has 0 saturated heterocycles. The molecular formula is C13H23N3O2. The highest BCUT2D eigenvalue weighted by Gasteiger charge is 2.14. The highest BCUT2D eigenvalue weighted by molar-refractivity contribution is 5.73. The van der Waals surface area contributed by atoms with Crippen LogP contribution in [0.25, 0.3) is 0 Å². The molecule has 0 aliphatic rings. The predicted octanol–water partition coefficient (Wildman–Crippen LogP) is 1.96. The molecule has 0 saturated carbocycles. The Labute approximate surface area is 109 Å². The monoisotopic (exact) mass is 253 g/mol. The summed E-state index contributed by atoms with van der Waals surface area (Å²) in [6.45, 7) is 7.85. The van der Waals surface area contributed by atoms with E-state index < -0.39 is 0 Å². The summed E-state index contributed by atoms with van der Waals surface area (Å²) in [5, 5.41) is 8.00. The molecule has 0 aliphatic heterocycles. The van der Waals surface area contributed by atoms with E-state index in [2.05, 4.69) is 31.1 Å². The smallest absolute Gasteiger partial charge is 0.172 e. The molecule has 0 spiro atoms. The molecule has 5 nitrogen and oxygen atoms in total. The zero-order valence-corrected chi connectivity index (χ0v) is 11.7. The maximum atomic E-state index is 11.0. The molecule has 1 rings (SSSR count). The molecule has 102 valence electrons. The van der Waals surface area contributed by atoms with Crippen LogP contribution >= 0.6 is 0 Å². The number of aldehydes is 1. The van der Waals surface area contributed by atoms with Gasteiger partial charge in [-0.05, 0) is 24.7 Å². The molecule has 0 bridgehead atoms. The number of methoxy groups -OCH3 is 1. The molecule has 18 heavy (non-hydrogen) atoms. The van der Waals surface area contributed by atoms with Crippen molar-refractivity contribution in [3.05, 3.63) is 11.4 Å². The summed E-state index contributed by atoms with van der Waals surface area (Å²) in [6, 6.07) is 0. The first kappa shape index (κ1) is 14.8. The Morgan fingerprint density at radius 1 is 1.39 bits per heavy atom. The van der Waals surface area contributed by atoms with Crippen LogP contribution in [0, 0.1) is 11.8 Å². The van der Waals surface area contributed by atoms with E-state index in [1.165, 1.54) is 0 Å². The van der Waals surface area contributed by atoms with Gasteiger partial charge in [-0.25, -0.2) is 4.68 Å². The van der Waals surface area contributed by atoms with Crippen LogP contribution < -0.4 is 0 Å². The van der Waals surface area contributed by atoms with Crippen LogP contribution in [0.4, 0.5) is 0 Å². The van der Waals surface area contributed by atoms with Gasteiger partial charge in [-0.1, -0.05) is 26.0 Å². The van der Waals surface area contributed by atoms with E-state index in [0.29, 0.717) is 24.1 Å². The lowest BCUT2D eigenvalue weighted by Crippen LogP contribution is -2.16. The van der Waals surface area contributed by atoms with Crippen LogP contribution in [0.3, 0.4) is 0 Å². The van der Waals surface area contributed by atoms with Crippen molar-refractivity contribution in [3.63, 3.8) is 0 Å². The van der Waals surface area contributed by atoms with Crippen LogP contribution in [-0.2, 0) is 17.7 Å². The van der Waals surface area contributed by atoms with Crippen molar-refractivity contribution >= 4 is 6.29 Å². The number of rotatable bonds is 8. The maximum Gasteiger partial charge on any atom is 0.172 e. The Hall–Kier alpha value is -1.23. The fourth-order valence-corrected chi connectivity index (χ4v) is 1.90. The van der Waals surface area contributed by atoms with E-state index in [-0.39, 0.29) is 0 Å². The molecule has 0 fully saturated rings. The number of carbonyl (C=O) groups excluding carboxylic acids is 1. The fraction of sp³-hybridized carbons (Fsp3) is 0.769. The van der Waals surface area contributed by atoms with Gasteiger partial charge in [0.2, 0.25) is 0 Å². The topological polar surface area (TPSA) is 57.0 Å². The van der Waals surface area contributed by atoms with E-state index in [4.69, 9.17) is 4.74 Å². The van der Waals surface area contributed by atoms with Crippen molar-refractivity contribution in [2.24, 2.45) is 11.8 Å². The molecule has 1 aromatic rings. The van der Waals surface area contributed by atoms with Crippen molar-refractivity contribution in [2.75, 3.05) is 13.7 Å². The summed E-state index contributed by atoms with van der Waals surface area (Å²) in [5.74, 6) is 0.957. The number of hydrogen-bond donors (Lipinski definition) is 0. The third kappa shape index (κ3) is 4.22. The molecule has 1 atom stereocenters. The quantitative estimate of drug-likeness (QED) is 0.665. The first-order valence-corrected chi connectivity index (χ1v) is 6.45. The second-order valence-electron chi connectivity index (χ2n) is 5.21. The molecular weight excluding hydrogens is 230 g/mol. The highest BCUT2D eigenvalue weighted by Crippen LogP contribution is 2.13. The minimum atomic E-state index is 0.356. The normalized spacial score (nSPS) is 12.9. The molecule has 0 radical (unpaired) electrons. The zero-order chi connectivity index (χ0) is 13.5. The average molecular weight is 253 g/mol. The van der Waals surface area contributed by atoms with E-state index >= 15 is 0 Å². The molecule has 0 N–H and O–H groups in total. The Bertz CT molecular complexity index is 374. The lowest BCUT2D eigenvalue weighted by molar-refractivity contribution is 0.111. The molecule has 1 heterocycles. The number of nitrogens with zero attached hydrogens (tertiary/aromatic N) is 3. The second-order valence-corrected chi connectivity index (χ2v) is 5.21. The molecule has 0 aliphatic carbocycles. The van der Waals surface area contributed by atoms with Gasteiger partial charge in [-0.3, -0.25) is 4.79 Å². The number of carbonyl (C=O) groups is 1. The third-order valence-electron chi connectivity index (χ3n) is 2.87. The van der Waals surface area contributed by atoms with Gasteiger partial charge in [0, 0.05) is 13.7 Å². The van der Waals surface area contributed by atoms with Crippen molar-refractivity contribution in [1.82, 2.24) is 15.0 Å². The molecule has 0 aromatic carbocycles. The molecule has 1 unspecified atom stereocenters. The standard InChI is InChI=1S/C13H23N3O2/c1-10(2)5-6-13-12(8-17)14-15-16(13)7-11(3)9-18-4/h8,10-11H,5-7,9H2,1-4H3. The Balaban J connectivity index is 2.77. The zero-order valence-electron chi connectivity index (χ0n) is 11.7. The summed E-state index contributed by atoms with van der Waals surface area (Å²) >= 11 is 0. The van der Waals surface area contributed by atoms with E-state index in [0.717, 1.165) is 31.4 Å². The van der Waals surface area contributed by atoms with E-state index in [1.807, 2.05) is 4.68 Å². The second kappa shape index (κ2) is 7.26. The Morgan fingerprint density at radius 3 is 2.67 bits per heavy atom. The van der Waals surface area contributed by atoms with Crippen molar-refractivity contribution in [2.45, 2.75) is 40.2 Å². The van der Waals surface area contributed by atoms with Gasteiger partial charge in [-0.15, -0.1) is 5.10 Å². The van der Waals surface area contributed by atoms with E-state index in [1.54, 1.807) is 7.11 Å². The van der Waals surface area contributed by atoms with Crippen LogP contribution in [0.15, 0.2) is 0 Å². The fourth-order valence-electron chi connectivity index (χ4n) is 1.90. The molecule has 0 amide bonds. The van der Waals surface area contributed by atoms with E-state index in [9.17, 15) is 4.79 Å². The number of ether oxygens (including phenoxy) is 1. The van der Waals surface area contributed by atoms with Gasteiger partial charge >= 0.3 is 0 Å². The van der Waals surface area contributed by atoms with Crippen molar-refractivity contribution in [3.8, 4) is 0 Å². The van der Waals surface area contributed by atoms with Crippen LogP contribution in [0.5, 0.6) is 0 Å². The van der Waals surface area contributed by atoms with Gasteiger partial charge in [0.25, 0.3) is 0 Å². The SMILES string of the molecule is COCC(C)Cn1nnc(C=O)c1CCC(C)C. The Morgan fingerprint density at radius 2 is 2.11 bits per heavy atom. The van der Waals surface area contributed by atoms with Gasteiger partial charge < -0.3 is 4.74 Å². The Kier molecular flexibility index (Phi) is 5.98. The van der Waals surface area contributed by atoms with Gasteiger partial charge in [-0.2, -0.15) is 0 Å². The summed E-state index contributed by atoms with van der Waals surface area (Å²) in [4.78, 5) is 11.0. The van der Waals surface area contributed by atoms with Gasteiger partial charge in [0.15, 0.2) is 6.29 Å². The van der Waals surface area contributed by atoms with Crippen molar-refractivity contribution < 1.29 is 9.53 Å². The predicted molar refractivity (Wildman–Crippen MR) is 69.6 cm³/mol. The van der Waals surface area contributed by atoms with Crippen LogP contribution in [0.2, 0.25) is 0 Å². The number of hydrogen-bond acceptors (Lipinski definition) is 4. The largest absolute Gasteiger partial charge is 0.384 e. The minimum Gasteiger partial charge on any atom is -0.384 e. The lowest BCUT2D eigenvalue weighted by Gasteiger charge is -2.13. The van der Waals surface area contributed by atoms with Crippen LogP contribution in [0.1, 0.15) is 43.4 Å². The summed E-state index contributed by atoms with van der Waals surface area (Å²) in [7, 11) is 1.69. The highest BCUT2D eigenvalue weighted by atomic mass is 16.5. The average Bonchev–Trinajstić information content (AvgIpc) is 2.68. The lowest BCUT2D eigenvalue weighted by atomic mass is 10.1. The van der Waals surface area contributed by atoms with Crippen LogP contribution in [-0.4, -0.2) is 35.0 Å². The van der Waals surface area contributed by atoms with Crippen molar-refractivity contribution in [1.29, 1.82) is 0 Å². The molecule has 1 aromatic heterocycles. The first-order valence-electron chi connectivity index (χ1n) is 6.45. The summed E-state index contributed by atoms with van der Waals surface area (Å²) < 4.78 is 6.96. The van der Waals surface area contributed by atoms with Gasteiger partial charge in [0.05, 0.1) is 12.3 Å². The molecule has 5 heteroatoms. The van der Waals surface area contributed by atoms with Gasteiger partial charge in [0.1, 0.15) is 5.69 Å².